The van der Waals surface area contributed by atoms with Crippen molar-refractivity contribution in [2.75, 3.05) is 12.8 Å². The predicted molar refractivity (Wildman–Crippen MR) is 93.9 cm³/mol. The van der Waals surface area contributed by atoms with Crippen molar-refractivity contribution in [1.82, 2.24) is 5.32 Å². The van der Waals surface area contributed by atoms with Gasteiger partial charge in [-0.25, -0.2) is 0 Å². The third-order valence-electron chi connectivity index (χ3n) is 3.49. The van der Waals surface area contributed by atoms with E-state index in [0.29, 0.717) is 12.1 Å². The van der Waals surface area contributed by atoms with Crippen molar-refractivity contribution < 1.29 is 17.4 Å². The van der Waals surface area contributed by atoms with Crippen LogP contribution in [0.4, 0.5) is 0 Å². The average molecular weight is 347 g/mol. The molecule has 6 heteroatoms. The number of rotatable bonds is 8. The maximum atomic E-state index is 12.4. The molecule has 0 aliphatic heterocycles. The first kappa shape index (κ1) is 18.2. The Hall–Kier alpha value is -2.18. The molecule has 0 heterocycles. The molecule has 0 radical (unpaired) electrons. The summed E-state index contributed by atoms with van der Waals surface area (Å²) < 4.78 is 26.9. The van der Waals surface area contributed by atoms with E-state index in [9.17, 15) is 13.2 Å². The van der Waals surface area contributed by atoms with Crippen LogP contribution in [0, 0.1) is 0 Å². The Kier molecular flexibility index (Phi) is 6.11. The lowest BCUT2D eigenvalue weighted by Gasteiger charge is -2.13. The van der Waals surface area contributed by atoms with E-state index in [2.05, 4.69) is 17.4 Å². The number of carbonyl (C=O) groups excluding carboxylic acids is 1. The van der Waals surface area contributed by atoms with Crippen LogP contribution < -0.4 is 9.50 Å². The van der Waals surface area contributed by atoms with Crippen LogP contribution in [0.5, 0.6) is 5.75 Å². The summed E-state index contributed by atoms with van der Waals surface area (Å²) in [7, 11) is -3.56. The molecule has 1 atom stereocenters. The maximum absolute atomic E-state index is 12.4. The maximum Gasteiger partial charge on any atom is 0.306 e. The fourth-order valence-corrected chi connectivity index (χ4v) is 2.73. The SMILES string of the molecule is C[C@H](NCCc1ccccc1)C(=O)c1ccc(OS(C)(=O)=O)cc1. The van der Waals surface area contributed by atoms with Crippen LogP contribution in [0.1, 0.15) is 22.8 Å². The zero-order valence-corrected chi connectivity index (χ0v) is 14.5. The molecule has 0 aliphatic rings. The highest BCUT2D eigenvalue weighted by Gasteiger charge is 2.15. The minimum Gasteiger partial charge on any atom is -0.383 e. The van der Waals surface area contributed by atoms with E-state index in [0.717, 1.165) is 12.7 Å². The highest BCUT2D eigenvalue weighted by Crippen LogP contribution is 2.15. The van der Waals surface area contributed by atoms with Crippen molar-refractivity contribution in [3.63, 3.8) is 0 Å². The lowest BCUT2D eigenvalue weighted by molar-refractivity contribution is 0.0951. The van der Waals surface area contributed by atoms with Gasteiger partial charge in [-0.15, -0.1) is 0 Å². The van der Waals surface area contributed by atoms with E-state index in [1.54, 1.807) is 12.1 Å². The van der Waals surface area contributed by atoms with Gasteiger partial charge in [0.15, 0.2) is 5.78 Å². The zero-order valence-electron chi connectivity index (χ0n) is 13.7. The van der Waals surface area contributed by atoms with Crippen molar-refractivity contribution >= 4 is 15.9 Å². The van der Waals surface area contributed by atoms with E-state index in [4.69, 9.17) is 4.18 Å². The minimum absolute atomic E-state index is 0.0473. The van der Waals surface area contributed by atoms with Crippen LogP contribution in [0.2, 0.25) is 0 Å². The quantitative estimate of drug-likeness (QED) is 0.586. The fourth-order valence-electron chi connectivity index (χ4n) is 2.27. The van der Waals surface area contributed by atoms with Gasteiger partial charge >= 0.3 is 10.1 Å². The van der Waals surface area contributed by atoms with E-state index in [1.807, 2.05) is 25.1 Å². The molecule has 2 aromatic carbocycles. The molecule has 2 aromatic rings. The molecule has 2 rings (SSSR count). The number of benzene rings is 2. The number of Topliss-reactive ketones (excluding diaryl/α,β-unsaturated/α-hetero) is 1. The topological polar surface area (TPSA) is 72.5 Å². The molecule has 0 unspecified atom stereocenters. The molecule has 0 aromatic heterocycles. The molecule has 24 heavy (non-hydrogen) atoms. The predicted octanol–water partition coefficient (Wildman–Crippen LogP) is 2.43. The molecule has 0 aliphatic carbocycles. The Morgan fingerprint density at radius 1 is 1.08 bits per heavy atom. The van der Waals surface area contributed by atoms with Gasteiger partial charge in [0.25, 0.3) is 0 Å². The highest BCUT2D eigenvalue weighted by atomic mass is 32.2. The highest BCUT2D eigenvalue weighted by molar-refractivity contribution is 7.86. The van der Waals surface area contributed by atoms with Gasteiger partial charge in [-0.3, -0.25) is 4.79 Å². The number of carbonyl (C=O) groups is 1. The molecule has 0 saturated heterocycles. The van der Waals surface area contributed by atoms with Gasteiger partial charge in [0, 0.05) is 5.56 Å². The van der Waals surface area contributed by atoms with E-state index in [-0.39, 0.29) is 17.6 Å². The first-order valence-electron chi connectivity index (χ1n) is 7.66. The summed E-state index contributed by atoms with van der Waals surface area (Å²) in [4.78, 5) is 12.4. The van der Waals surface area contributed by atoms with Crippen LogP contribution in [0.25, 0.3) is 0 Å². The molecular weight excluding hydrogens is 326 g/mol. The first-order valence-corrected chi connectivity index (χ1v) is 9.48. The van der Waals surface area contributed by atoms with Crippen molar-refractivity contribution in [2.45, 2.75) is 19.4 Å². The van der Waals surface area contributed by atoms with Crippen LogP contribution >= 0.6 is 0 Å². The molecular formula is C18H21NO4S. The van der Waals surface area contributed by atoms with Crippen molar-refractivity contribution in [3.8, 4) is 5.75 Å². The number of ketones is 1. The van der Waals surface area contributed by atoms with E-state index < -0.39 is 10.1 Å². The molecule has 128 valence electrons. The molecule has 0 saturated carbocycles. The lowest BCUT2D eigenvalue weighted by atomic mass is 10.0. The van der Waals surface area contributed by atoms with Crippen molar-refractivity contribution in [2.24, 2.45) is 0 Å². The standard InChI is InChI=1S/C18H21NO4S/c1-14(19-13-12-15-6-4-3-5-7-15)18(20)16-8-10-17(11-9-16)23-24(2,21)22/h3-11,14,19H,12-13H2,1-2H3/t14-/m0/s1. The smallest absolute Gasteiger partial charge is 0.306 e. The Balaban J connectivity index is 1.88. The van der Waals surface area contributed by atoms with Gasteiger partial charge in [0.1, 0.15) is 5.75 Å². The van der Waals surface area contributed by atoms with E-state index in [1.165, 1.54) is 17.7 Å². The van der Waals surface area contributed by atoms with Gasteiger partial charge in [0.2, 0.25) is 0 Å². The molecule has 0 fully saturated rings. The van der Waals surface area contributed by atoms with Crippen molar-refractivity contribution in [3.05, 3.63) is 65.7 Å². The molecule has 0 bridgehead atoms. The van der Waals surface area contributed by atoms with E-state index >= 15 is 0 Å². The second-order valence-corrected chi connectivity index (χ2v) is 7.16. The Bertz CT molecular complexity index is 770. The van der Waals surface area contributed by atoms with Gasteiger partial charge in [0.05, 0.1) is 12.3 Å². The Morgan fingerprint density at radius 3 is 2.29 bits per heavy atom. The third kappa shape index (κ3) is 5.79. The van der Waals surface area contributed by atoms with Crippen LogP contribution in [-0.4, -0.2) is 33.0 Å². The molecule has 1 N–H and O–H groups in total. The molecule has 0 spiro atoms. The van der Waals surface area contributed by atoms with Crippen LogP contribution in [0.3, 0.4) is 0 Å². The summed E-state index contributed by atoms with van der Waals surface area (Å²) in [6.45, 7) is 2.51. The van der Waals surface area contributed by atoms with Crippen LogP contribution in [0.15, 0.2) is 54.6 Å². The summed E-state index contributed by atoms with van der Waals surface area (Å²) in [6.07, 6.45) is 1.82. The second-order valence-electron chi connectivity index (χ2n) is 5.59. The number of hydrogen-bond acceptors (Lipinski definition) is 5. The minimum atomic E-state index is -3.56. The van der Waals surface area contributed by atoms with Gasteiger partial charge in [-0.05, 0) is 49.7 Å². The van der Waals surface area contributed by atoms with Gasteiger partial charge in [-0.1, -0.05) is 30.3 Å². The van der Waals surface area contributed by atoms with Crippen molar-refractivity contribution in [1.29, 1.82) is 0 Å². The third-order valence-corrected chi connectivity index (χ3v) is 3.98. The summed E-state index contributed by atoms with van der Waals surface area (Å²) in [5, 5.41) is 3.21. The lowest BCUT2D eigenvalue weighted by Crippen LogP contribution is -2.35. The Morgan fingerprint density at radius 2 is 1.71 bits per heavy atom. The number of nitrogens with one attached hydrogen (secondary N) is 1. The number of hydrogen-bond donors (Lipinski definition) is 1. The molecule has 0 amide bonds. The largest absolute Gasteiger partial charge is 0.383 e. The summed E-state index contributed by atoms with van der Waals surface area (Å²) in [5.41, 5.74) is 1.72. The zero-order chi connectivity index (χ0) is 17.6. The normalized spacial score (nSPS) is 12.6. The molecule has 5 nitrogen and oxygen atoms in total. The summed E-state index contributed by atoms with van der Waals surface area (Å²) in [6, 6.07) is 15.8. The monoisotopic (exact) mass is 347 g/mol. The fraction of sp³-hybridized carbons (Fsp3) is 0.278. The first-order chi connectivity index (χ1) is 11.3. The summed E-state index contributed by atoms with van der Waals surface area (Å²) >= 11 is 0. The Labute approximate surface area is 142 Å². The summed E-state index contributed by atoms with van der Waals surface area (Å²) in [5.74, 6) is 0.146. The van der Waals surface area contributed by atoms with Crippen LogP contribution in [-0.2, 0) is 16.5 Å². The average Bonchev–Trinajstić information content (AvgIpc) is 2.54. The van der Waals surface area contributed by atoms with Gasteiger partial charge in [-0.2, -0.15) is 8.42 Å². The second kappa shape index (κ2) is 8.08. The van der Waals surface area contributed by atoms with Gasteiger partial charge < -0.3 is 9.50 Å².